The number of aromatic nitrogens is 2. The zero-order valence-corrected chi connectivity index (χ0v) is 32.7. The van der Waals surface area contributed by atoms with Gasteiger partial charge in [0.2, 0.25) is 0 Å². The second kappa shape index (κ2) is 12.4. The molecular weight excluding hydrogens is 656 g/mol. The molecular formula is C43H60N2O7. The molecule has 7 rings (SSSR count). The summed E-state index contributed by atoms with van der Waals surface area (Å²) in [4.78, 5) is 57.6. The molecule has 9 heteroatoms. The zero-order valence-electron chi connectivity index (χ0n) is 32.7. The van der Waals surface area contributed by atoms with E-state index >= 15 is 0 Å². The molecule has 0 amide bonds. The van der Waals surface area contributed by atoms with Crippen molar-refractivity contribution in [1.82, 2.24) is 9.55 Å². The number of benzene rings is 1. The van der Waals surface area contributed by atoms with Crippen molar-refractivity contribution in [2.24, 2.45) is 56.2 Å². The average Bonchev–Trinajstić information content (AvgIpc) is 3.43. The molecule has 52 heavy (non-hydrogen) atoms. The summed E-state index contributed by atoms with van der Waals surface area (Å²) in [5.41, 5.74) is 0.473. The van der Waals surface area contributed by atoms with E-state index in [9.17, 15) is 24.3 Å². The van der Waals surface area contributed by atoms with Crippen LogP contribution in [0.15, 0.2) is 24.3 Å². The van der Waals surface area contributed by atoms with Crippen LogP contribution < -0.4 is 0 Å². The number of ether oxygens (including phenoxy) is 2. The predicted molar refractivity (Wildman–Crippen MR) is 197 cm³/mol. The normalized spacial score (nSPS) is 40.8. The highest BCUT2D eigenvalue weighted by molar-refractivity contribution is 5.85. The standard InChI is InChI=1S/C43H60N2O7/c1-38(2)30-15-18-42(6)31(23-29(46)36-26-24-40(4,37(50)51-8)20-19-39(26,3)21-22-43(36,42)7)41(30,5)17-16-32(38)52-35(49)25-45-28-12-10-9-11-27(28)44-33(45)13-14-34(47)48/h9-12,26,30-32,36H,13-25H2,1-8H3,(H,47,48)/t26-,30-,31+,32-,36-,39+,40-,41-,42+,43+/m0/s1. The number of hydrogen-bond acceptors (Lipinski definition) is 7. The third-order valence-electron chi connectivity index (χ3n) is 16.7. The highest BCUT2D eigenvalue weighted by Gasteiger charge is 2.72. The average molecular weight is 717 g/mol. The molecule has 1 heterocycles. The lowest BCUT2D eigenvalue weighted by molar-refractivity contribution is -0.247. The largest absolute Gasteiger partial charge is 0.481 e. The Morgan fingerprint density at radius 1 is 0.904 bits per heavy atom. The molecule has 0 saturated heterocycles. The Labute approximate surface area is 309 Å². The minimum atomic E-state index is -0.904. The molecule has 5 fully saturated rings. The zero-order chi connectivity index (χ0) is 37.6. The first kappa shape index (κ1) is 37.1. The molecule has 0 spiro atoms. The maximum atomic E-state index is 14.8. The summed E-state index contributed by atoms with van der Waals surface area (Å²) in [6.07, 6.45) is 8.79. The summed E-state index contributed by atoms with van der Waals surface area (Å²) in [5.74, 6) is 0.225. The molecule has 1 aromatic heterocycles. The Morgan fingerprint density at radius 3 is 2.33 bits per heavy atom. The number of para-hydroxylation sites is 2. The van der Waals surface area contributed by atoms with E-state index in [1.165, 1.54) is 7.11 Å². The van der Waals surface area contributed by atoms with Crippen LogP contribution in [-0.4, -0.2) is 51.6 Å². The number of rotatable bonds is 7. The number of esters is 2. The molecule has 5 aliphatic rings. The van der Waals surface area contributed by atoms with Gasteiger partial charge in [-0.2, -0.15) is 0 Å². The Morgan fingerprint density at radius 2 is 1.62 bits per heavy atom. The van der Waals surface area contributed by atoms with Gasteiger partial charge in [-0.1, -0.05) is 53.7 Å². The van der Waals surface area contributed by atoms with Gasteiger partial charge in [0.1, 0.15) is 24.3 Å². The molecule has 9 nitrogen and oxygen atoms in total. The van der Waals surface area contributed by atoms with Gasteiger partial charge in [0, 0.05) is 24.2 Å². The number of carbonyl (C=O) groups is 4. The summed E-state index contributed by atoms with van der Waals surface area (Å²) in [6.45, 7) is 16.3. The van der Waals surface area contributed by atoms with E-state index in [1.807, 2.05) is 28.8 Å². The van der Waals surface area contributed by atoms with Gasteiger partial charge >= 0.3 is 17.9 Å². The molecule has 1 N–H and O–H groups in total. The summed E-state index contributed by atoms with van der Waals surface area (Å²) >= 11 is 0. The number of nitrogens with zero attached hydrogens (tertiary/aromatic N) is 2. The first-order chi connectivity index (χ1) is 24.3. The van der Waals surface area contributed by atoms with Crippen LogP contribution in [0.3, 0.4) is 0 Å². The fraction of sp³-hybridized carbons (Fsp3) is 0.744. The smallest absolute Gasteiger partial charge is 0.326 e. The van der Waals surface area contributed by atoms with Crippen LogP contribution in [0.4, 0.5) is 0 Å². The number of carbonyl (C=O) groups excluding carboxylic acids is 3. The Bertz CT molecular complexity index is 1800. The Hall–Kier alpha value is -3.23. The summed E-state index contributed by atoms with van der Waals surface area (Å²) in [6, 6.07) is 7.57. The van der Waals surface area contributed by atoms with Crippen molar-refractivity contribution in [3.63, 3.8) is 0 Å². The molecule has 0 radical (unpaired) electrons. The number of carboxylic acids is 1. The van der Waals surface area contributed by atoms with E-state index in [0.29, 0.717) is 18.0 Å². The quantitative estimate of drug-likeness (QED) is 0.285. The molecule has 0 bridgehead atoms. The predicted octanol–water partition coefficient (Wildman–Crippen LogP) is 8.20. The number of carboxylic acid groups (broad SMARTS) is 1. The van der Waals surface area contributed by atoms with E-state index in [0.717, 1.165) is 68.8 Å². The van der Waals surface area contributed by atoms with Crippen molar-refractivity contribution in [1.29, 1.82) is 0 Å². The van der Waals surface area contributed by atoms with Crippen molar-refractivity contribution < 1.29 is 33.8 Å². The number of Topliss-reactive ketones (excluding diaryl/α,β-unsaturated/α-hetero) is 1. The van der Waals surface area contributed by atoms with Crippen molar-refractivity contribution in [2.45, 2.75) is 138 Å². The summed E-state index contributed by atoms with van der Waals surface area (Å²) in [5, 5.41) is 9.33. The van der Waals surface area contributed by atoms with Crippen molar-refractivity contribution in [3.05, 3.63) is 30.1 Å². The fourth-order valence-corrected chi connectivity index (χ4v) is 13.5. The number of hydrogen-bond donors (Lipinski definition) is 1. The number of imidazole rings is 1. The van der Waals surface area contributed by atoms with Crippen LogP contribution in [0, 0.1) is 56.2 Å². The molecule has 0 unspecified atom stereocenters. The molecule has 0 aliphatic heterocycles. The number of fused-ring (bicyclic) bond motifs is 8. The SMILES string of the molecule is COC(=O)[C@@]1(C)CC[C@]2(C)CC[C@]3(C)[C@H](C(=O)C[C@@H]4[C@@]5(C)CC[C@H](OC(=O)Cn6c(CCC(=O)O)nc7ccccc76)C(C)(C)[C@@H]5CC[C@]43C)[C@@H]2C1. The van der Waals surface area contributed by atoms with Crippen LogP contribution in [0.2, 0.25) is 0 Å². The van der Waals surface area contributed by atoms with Gasteiger partial charge in [0.25, 0.3) is 0 Å². The monoisotopic (exact) mass is 716 g/mol. The lowest BCUT2D eigenvalue weighted by Gasteiger charge is -2.73. The van der Waals surface area contributed by atoms with Gasteiger partial charge in [-0.25, -0.2) is 4.98 Å². The summed E-state index contributed by atoms with van der Waals surface area (Å²) in [7, 11) is 1.49. The molecule has 5 aliphatic carbocycles. The minimum Gasteiger partial charge on any atom is -0.481 e. The summed E-state index contributed by atoms with van der Waals surface area (Å²) < 4.78 is 13.5. The number of aliphatic carboxylic acids is 1. The van der Waals surface area contributed by atoms with Gasteiger partial charge in [0.15, 0.2) is 0 Å². The van der Waals surface area contributed by atoms with Gasteiger partial charge < -0.3 is 19.1 Å². The van der Waals surface area contributed by atoms with Crippen LogP contribution >= 0.6 is 0 Å². The van der Waals surface area contributed by atoms with Gasteiger partial charge in [0.05, 0.1) is 30.0 Å². The minimum absolute atomic E-state index is 0.0198. The highest BCUT2D eigenvalue weighted by Crippen LogP contribution is 2.76. The van der Waals surface area contributed by atoms with Crippen LogP contribution in [0.25, 0.3) is 11.0 Å². The maximum Gasteiger partial charge on any atom is 0.326 e. The molecule has 10 atom stereocenters. The van der Waals surface area contributed by atoms with Gasteiger partial charge in [-0.05, 0) is 116 Å². The highest BCUT2D eigenvalue weighted by atomic mass is 16.5. The molecule has 2 aromatic rings. The number of methoxy groups -OCH3 is 1. The van der Waals surface area contributed by atoms with Gasteiger partial charge in [-0.3, -0.25) is 19.2 Å². The molecule has 284 valence electrons. The third kappa shape index (κ3) is 5.39. The number of aryl methyl sites for hydroxylation is 1. The molecule has 1 aromatic carbocycles. The second-order valence-electron chi connectivity index (χ2n) is 19.5. The molecule has 5 saturated carbocycles. The van der Waals surface area contributed by atoms with Crippen LogP contribution in [-0.2, 0) is 41.6 Å². The first-order valence-corrected chi connectivity index (χ1v) is 19.8. The maximum absolute atomic E-state index is 14.8. The fourth-order valence-electron chi connectivity index (χ4n) is 13.5. The van der Waals surface area contributed by atoms with E-state index in [2.05, 4.69) is 53.5 Å². The van der Waals surface area contributed by atoms with E-state index in [-0.39, 0.29) is 88.2 Å². The van der Waals surface area contributed by atoms with E-state index in [1.54, 1.807) is 0 Å². The van der Waals surface area contributed by atoms with Crippen molar-refractivity contribution >= 4 is 34.7 Å². The Kier molecular flexibility index (Phi) is 8.85. The topological polar surface area (TPSA) is 125 Å². The van der Waals surface area contributed by atoms with E-state index < -0.39 is 11.4 Å². The Balaban J connectivity index is 1.12. The van der Waals surface area contributed by atoms with Crippen LogP contribution in [0.1, 0.15) is 125 Å². The number of ketones is 1. The first-order valence-electron chi connectivity index (χ1n) is 19.8. The third-order valence-corrected chi connectivity index (χ3v) is 16.7. The second-order valence-corrected chi connectivity index (χ2v) is 19.5. The lowest BCUT2D eigenvalue weighted by atomic mass is 9.31. The van der Waals surface area contributed by atoms with Crippen LogP contribution in [0.5, 0.6) is 0 Å². The lowest BCUT2D eigenvalue weighted by Crippen LogP contribution is -2.69. The van der Waals surface area contributed by atoms with Crippen molar-refractivity contribution in [2.75, 3.05) is 7.11 Å². The van der Waals surface area contributed by atoms with E-state index in [4.69, 9.17) is 9.47 Å². The van der Waals surface area contributed by atoms with Crippen molar-refractivity contribution in [3.8, 4) is 0 Å². The van der Waals surface area contributed by atoms with Gasteiger partial charge in [-0.15, -0.1) is 0 Å².